The smallest absolute Gasteiger partial charge is 0.125 e. The molecule has 0 fully saturated rings. The minimum atomic E-state index is 0.394. The fourth-order valence-corrected chi connectivity index (χ4v) is 2.55. The van der Waals surface area contributed by atoms with Crippen LogP contribution in [0.1, 0.15) is 11.4 Å². The third-order valence-electron chi connectivity index (χ3n) is 3.00. The molecule has 0 aliphatic rings. The molecule has 19 heavy (non-hydrogen) atoms. The number of alkyl halides is 1. The highest BCUT2D eigenvalue weighted by molar-refractivity contribution is 9.10. The van der Waals surface area contributed by atoms with Gasteiger partial charge in [-0.05, 0) is 23.8 Å². The van der Waals surface area contributed by atoms with Crippen molar-refractivity contribution in [1.82, 2.24) is 14.5 Å². The Bertz CT molecular complexity index is 706. The molecule has 3 aromatic rings. The van der Waals surface area contributed by atoms with E-state index in [9.17, 15) is 0 Å². The third kappa shape index (κ3) is 2.51. The zero-order valence-corrected chi connectivity index (χ0v) is 12.4. The highest BCUT2D eigenvalue weighted by atomic mass is 79.9. The van der Waals surface area contributed by atoms with E-state index in [0.29, 0.717) is 5.88 Å². The van der Waals surface area contributed by atoms with Gasteiger partial charge in [-0.2, -0.15) is 0 Å². The molecule has 2 aromatic heterocycles. The summed E-state index contributed by atoms with van der Waals surface area (Å²) >= 11 is 9.43. The molecule has 0 aliphatic heterocycles. The van der Waals surface area contributed by atoms with Crippen LogP contribution in [0.4, 0.5) is 0 Å². The van der Waals surface area contributed by atoms with Gasteiger partial charge in [-0.15, -0.1) is 11.6 Å². The van der Waals surface area contributed by atoms with Crippen molar-refractivity contribution in [3.05, 3.63) is 58.6 Å². The normalized spacial score (nSPS) is 11.1. The molecular formula is C14H11BrClN3. The average molecular weight is 337 g/mol. The summed E-state index contributed by atoms with van der Waals surface area (Å²) in [6.45, 7) is 0.760. The van der Waals surface area contributed by atoms with Crippen LogP contribution in [-0.4, -0.2) is 14.5 Å². The van der Waals surface area contributed by atoms with Crippen molar-refractivity contribution in [2.75, 3.05) is 0 Å². The standard InChI is InChI=1S/C14H11BrClN3/c15-11-3-1-10(2-4-11)9-19-13-5-6-17-8-12(13)18-14(19)7-16/h1-6,8H,7,9H2. The number of halogens is 2. The van der Waals surface area contributed by atoms with Crippen molar-refractivity contribution >= 4 is 38.6 Å². The molecule has 0 amide bonds. The average Bonchev–Trinajstić information content (AvgIpc) is 2.79. The monoisotopic (exact) mass is 335 g/mol. The van der Waals surface area contributed by atoms with Gasteiger partial charge in [0.2, 0.25) is 0 Å². The second kappa shape index (κ2) is 5.31. The fourth-order valence-electron chi connectivity index (χ4n) is 2.08. The van der Waals surface area contributed by atoms with Crippen LogP contribution in [0.15, 0.2) is 47.2 Å². The quantitative estimate of drug-likeness (QED) is 0.677. The lowest BCUT2D eigenvalue weighted by molar-refractivity contribution is 0.778. The Morgan fingerprint density at radius 3 is 2.68 bits per heavy atom. The predicted octanol–water partition coefficient (Wildman–Crippen LogP) is 3.98. The van der Waals surface area contributed by atoms with Gasteiger partial charge in [0.1, 0.15) is 11.3 Å². The Balaban J connectivity index is 2.06. The second-order valence-corrected chi connectivity index (χ2v) is 5.42. The molecule has 0 saturated carbocycles. The van der Waals surface area contributed by atoms with Crippen molar-refractivity contribution in [2.24, 2.45) is 0 Å². The largest absolute Gasteiger partial charge is 0.322 e. The van der Waals surface area contributed by atoms with Crippen molar-refractivity contribution in [1.29, 1.82) is 0 Å². The molecule has 0 bridgehead atoms. The minimum absolute atomic E-state index is 0.394. The van der Waals surface area contributed by atoms with Crippen LogP contribution in [0.2, 0.25) is 0 Å². The van der Waals surface area contributed by atoms with Gasteiger partial charge >= 0.3 is 0 Å². The van der Waals surface area contributed by atoms with Gasteiger partial charge in [0, 0.05) is 17.2 Å². The predicted molar refractivity (Wildman–Crippen MR) is 80.3 cm³/mol. The van der Waals surface area contributed by atoms with Crippen molar-refractivity contribution in [2.45, 2.75) is 12.4 Å². The fraction of sp³-hybridized carbons (Fsp3) is 0.143. The van der Waals surface area contributed by atoms with Gasteiger partial charge in [-0.1, -0.05) is 28.1 Å². The molecule has 1 aromatic carbocycles. The van der Waals surface area contributed by atoms with E-state index in [1.54, 1.807) is 12.4 Å². The summed E-state index contributed by atoms with van der Waals surface area (Å²) in [6, 6.07) is 10.2. The number of aromatic nitrogens is 3. The molecule has 5 heteroatoms. The van der Waals surface area contributed by atoms with Crippen molar-refractivity contribution in [3.63, 3.8) is 0 Å². The Labute approximate surface area is 124 Å². The van der Waals surface area contributed by atoms with Crippen LogP contribution in [0.3, 0.4) is 0 Å². The molecule has 0 atom stereocenters. The first-order valence-electron chi connectivity index (χ1n) is 5.87. The summed E-state index contributed by atoms with van der Waals surface area (Å²) in [4.78, 5) is 8.60. The Hall–Kier alpha value is -1.39. The van der Waals surface area contributed by atoms with Crippen LogP contribution < -0.4 is 0 Å². The van der Waals surface area contributed by atoms with Gasteiger partial charge in [-0.3, -0.25) is 4.98 Å². The number of fused-ring (bicyclic) bond motifs is 1. The summed E-state index contributed by atoms with van der Waals surface area (Å²) in [5, 5.41) is 0. The van der Waals surface area contributed by atoms with E-state index >= 15 is 0 Å². The first-order chi connectivity index (χ1) is 9.28. The third-order valence-corrected chi connectivity index (χ3v) is 3.77. The number of rotatable bonds is 3. The van der Waals surface area contributed by atoms with Gasteiger partial charge in [-0.25, -0.2) is 4.98 Å². The Kier molecular flexibility index (Phi) is 3.53. The van der Waals surface area contributed by atoms with Gasteiger partial charge < -0.3 is 4.57 Å². The molecule has 96 valence electrons. The summed E-state index contributed by atoms with van der Waals surface area (Å²) in [5.74, 6) is 1.26. The molecule has 0 radical (unpaired) electrons. The van der Waals surface area contributed by atoms with Crippen LogP contribution in [0, 0.1) is 0 Å². The summed E-state index contributed by atoms with van der Waals surface area (Å²) in [5.41, 5.74) is 3.16. The Morgan fingerprint density at radius 1 is 1.16 bits per heavy atom. The SMILES string of the molecule is ClCc1nc2cnccc2n1Cc1ccc(Br)cc1. The van der Waals surface area contributed by atoms with Gasteiger partial charge in [0.05, 0.1) is 17.6 Å². The molecule has 0 saturated heterocycles. The summed E-state index contributed by atoms with van der Waals surface area (Å²) < 4.78 is 3.21. The topological polar surface area (TPSA) is 30.7 Å². The molecule has 2 heterocycles. The van der Waals surface area contributed by atoms with E-state index in [4.69, 9.17) is 11.6 Å². The van der Waals surface area contributed by atoms with Crippen LogP contribution in [0.25, 0.3) is 11.0 Å². The number of benzene rings is 1. The lowest BCUT2D eigenvalue weighted by atomic mass is 10.2. The maximum Gasteiger partial charge on any atom is 0.125 e. The van der Waals surface area contributed by atoms with E-state index < -0.39 is 0 Å². The minimum Gasteiger partial charge on any atom is -0.322 e. The number of imidazole rings is 1. The first kappa shape index (κ1) is 12.6. The summed E-state index contributed by atoms with van der Waals surface area (Å²) in [6.07, 6.45) is 3.55. The summed E-state index contributed by atoms with van der Waals surface area (Å²) in [7, 11) is 0. The first-order valence-corrected chi connectivity index (χ1v) is 7.20. The zero-order chi connectivity index (χ0) is 13.2. The second-order valence-electron chi connectivity index (χ2n) is 4.24. The molecule has 0 spiro atoms. The molecular weight excluding hydrogens is 326 g/mol. The molecule has 3 nitrogen and oxygen atoms in total. The Morgan fingerprint density at radius 2 is 1.95 bits per heavy atom. The zero-order valence-electron chi connectivity index (χ0n) is 10.1. The van der Waals surface area contributed by atoms with Crippen molar-refractivity contribution < 1.29 is 0 Å². The highest BCUT2D eigenvalue weighted by Crippen LogP contribution is 2.19. The highest BCUT2D eigenvalue weighted by Gasteiger charge is 2.10. The van der Waals surface area contributed by atoms with Gasteiger partial charge in [0.15, 0.2) is 0 Å². The van der Waals surface area contributed by atoms with E-state index in [1.807, 2.05) is 18.2 Å². The number of nitrogens with zero attached hydrogens (tertiary/aromatic N) is 3. The van der Waals surface area contributed by atoms with Crippen LogP contribution >= 0.6 is 27.5 Å². The maximum absolute atomic E-state index is 5.98. The lowest BCUT2D eigenvalue weighted by Gasteiger charge is -2.08. The number of hydrogen-bond donors (Lipinski definition) is 0. The molecule has 0 aliphatic carbocycles. The van der Waals surface area contributed by atoms with E-state index in [2.05, 4.69) is 42.6 Å². The number of hydrogen-bond acceptors (Lipinski definition) is 2. The number of pyridine rings is 1. The molecule has 0 unspecified atom stereocenters. The van der Waals surface area contributed by atoms with Crippen LogP contribution in [0.5, 0.6) is 0 Å². The van der Waals surface area contributed by atoms with E-state index in [1.165, 1.54) is 5.56 Å². The molecule has 3 rings (SSSR count). The van der Waals surface area contributed by atoms with E-state index in [-0.39, 0.29) is 0 Å². The molecule has 0 N–H and O–H groups in total. The van der Waals surface area contributed by atoms with E-state index in [0.717, 1.165) is 27.9 Å². The van der Waals surface area contributed by atoms with Crippen molar-refractivity contribution in [3.8, 4) is 0 Å². The maximum atomic E-state index is 5.98. The van der Waals surface area contributed by atoms with Gasteiger partial charge in [0.25, 0.3) is 0 Å². The lowest BCUT2D eigenvalue weighted by Crippen LogP contribution is -2.03. The van der Waals surface area contributed by atoms with Crippen LogP contribution in [-0.2, 0) is 12.4 Å².